The van der Waals surface area contributed by atoms with Gasteiger partial charge in [-0.15, -0.1) is 0 Å². The van der Waals surface area contributed by atoms with Crippen LogP contribution >= 0.6 is 11.6 Å². The van der Waals surface area contributed by atoms with Crippen LogP contribution in [0.5, 0.6) is 11.5 Å². The summed E-state index contributed by atoms with van der Waals surface area (Å²) < 4.78 is 5.06. The first kappa shape index (κ1) is 13.9. The molecule has 0 amide bonds. The van der Waals surface area contributed by atoms with E-state index in [2.05, 4.69) is 0 Å². The van der Waals surface area contributed by atoms with Crippen molar-refractivity contribution in [2.24, 2.45) is 0 Å². The zero-order valence-corrected chi connectivity index (χ0v) is 10.8. The number of carboxylic acids is 1. The lowest BCUT2D eigenvalue weighted by Crippen LogP contribution is -2.09. The van der Waals surface area contributed by atoms with E-state index in [4.69, 9.17) is 21.4 Å². The molecule has 0 bridgehead atoms. The third-order valence-electron chi connectivity index (χ3n) is 2.48. The number of aromatic hydroxyl groups is 1. The first-order chi connectivity index (χ1) is 9.47. The van der Waals surface area contributed by atoms with Gasteiger partial charge in [0.05, 0.1) is 16.1 Å². The number of phenols is 1. The molecule has 5 nitrogen and oxygen atoms in total. The zero-order valence-electron chi connectivity index (χ0n) is 10.0. The molecule has 0 aliphatic rings. The van der Waals surface area contributed by atoms with Crippen molar-refractivity contribution in [3.05, 3.63) is 58.6 Å². The number of ether oxygens (including phenoxy) is 1. The lowest BCUT2D eigenvalue weighted by molar-refractivity contribution is 0.0696. The normalized spacial score (nSPS) is 10.1. The van der Waals surface area contributed by atoms with E-state index in [9.17, 15) is 14.7 Å². The predicted octanol–water partition coefficient (Wildman–Crippen LogP) is 2.96. The van der Waals surface area contributed by atoms with E-state index in [1.165, 1.54) is 42.5 Å². The van der Waals surface area contributed by atoms with Crippen molar-refractivity contribution >= 4 is 23.5 Å². The Kier molecular flexibility index (Phi) is 3.91. The topological polar surface area (TPSA) is 83.8 Å². The van der Waals surface area contributed by atoms with Crippen molar-refractivity contribution in [1.29, 1.82) is 0 Å². The highest BCUT2D eigenvalue weighted by Crippen LogP contribution is 2.23. The van der Waals surface area contributed by atoms with Crippen LogP contribution in [-0.2, 0) is 0 Å². The average Bonchev–Trinajstić information content (AvgIpc) is 2.39. The van der Waals surface area contributed by atoms with Crippen molar-refractivity contribution in [2.75, 3.05) is 0 Å². The highest BCUT2D eigenvalue weighted by Gasteiger charge is 2.13. The van der Waals surface area contributed by atoms with Gasteiger partial charge in [0.25, 0.3) is 0 Å². The fraction of sp³-hybridized carbons (Fsp3) is 0. The molecule has 0 saturated carbocycles. The Morgan fingerprint density at radius 3 is 2.25 bits per heavy atom. The number of aromatic carboxylic acids is 1. The minimum atomic E-state index is -1.07. The number of hydrogen-bond donors (Lipinski definition) is 2. The fourth-order valence-electron chi connectivity index (χ4n) is 1.50. The van der Waals surface area contributed by atoms with Crippen LogP contribution in [0, 0.1) is 0 Å². The summed E-state index contributed by atoms with van der Waals surface area (Å²) in [7, 11) is 0. The molecule has 6 heteroatoms. The van der Waals surface area contributed by atoms with Crippen LogP contribution in [0.3, 0.4) is 0 Å². The predicted molar refractivity (Wildman–Crippen MR) is 71.5 cm³/mol. The van der Waals surface area contributed by atoms with Crippen LogP contribution in [0.15, 0.2) is 42.5 Å². The van der Waals surface area contributed by atoms with Crippen molar-refractivity contribution in [3.8, 4) is 11.5 Å². The SMILES string of the molecule is O=C(O)c1ccc(OC(=O)c2ccc(O)cc2Cl)cc1. The molecule has 0 aliphatic carbocycles. The number of phenolic OH excluding ortho intramolecular Hbond substituents is 1. The summed E-state index contributed by atoms with van der Waals surface area (Å²) in [5.41, 5.74) is 0.194. The number of carbonyl (C=O) groups is 2. The number of esters is 1. The lowest BCUT2D eigenvalue weighted by Gasteiger charge is -2.06. The maximum atomic E-state index is 11.9. The monoisotopic (exact) mass is 292 g/mol. The smallest absolute Gasteiger partial charge is 0.345 e. The van der Waals surface area contributed by atoms with Gasteiger partial charge in [0.2, 0.25) is 0 Å². The molecular weight excluding hydrogens is 284 g/mol. The van der Waals surface area contributed by atoms with E-state index in [0.29, 0.717) is 0 Å². The highest BCUT2D eigenvalue weighted by molar-refractivity contribution is 6.33. The maximum absolute atomic E-state index is 11.9. The first-order valence-electron chi connectivity index (χ1n) is 5.51. The summed E-state index contributed by atoms with van der Waals surface area (Å²) in [6.07, 6.45) is 0. The summed E-state index contributed by atoms with van der Waals surface area (Å²) in [4.78, 5) is 22.5. The Morgan fingerprint density at radius 2 is 1.70 bits per heavy atom. The van der Waals surface area contributed by atoms with Gasteiger partial charge < -0.3 is 14.9 Å². The molecule has 2 aromatic rings. The number of halogens is 1. The third kappa shape index (κ3) is 3.07. The molecule has 2 N–H and O–H groups in total. The van der Waals surface area contributed by atoms with Gasteiger partial charge in [-0.1, -0.05) is 11.6 Å². The standard InChI is InChI=1S/C14H9ClO5/c15-12-7-9(16)3-6-11(12)14(19)20-10-4-1-8(2-5-10)13(17)18/h1-7,16H,(H,17,18). The highest BCUT2D eigenvalue weighted by atomic mass is 35.5. The molecule has 0 radical (unpaired) electrons. The summed E-state index contributed by atoms with van der Waals surface area (Å²) in [6.45, 7) is 0. The molecule has 0 spiro atoms. The van der Waals surface area contributed by atoms with Crippen LogP contribution in [0.1, 0.15) is 20.7 Å². The van der Waals surface area contributed by atoms with Crippen LogP contribution < -0.4 is 4.74 Å². The fourth-order valence-corrected chi connectivity index (χ4v) is 1.75. The molecule has 102 valence electrons. The van der Waals surface area contributed by atoms with Gasteiger partial charge in [-0.25, -0.2) is 9.59 Å². The Balaban J connectivity index is 2.17. The number of rotatable bonds is 3. The molecule has 0 atom stereocenters. The van der Waals surface area contributed by atoms with Gasteiger partial charge in [-0.2, -0.15) is 0 Å². The van der Waals surface area contributed by atoms with Gasteiger partial charge in [0.1, 0.15) is 11.5 Å². The third-order valence-corrected chi connectivity index (χ3v) is 2.80. The van der Waals surface area contributed by atoms with Gasteiger partial charge in [0.15, 0.2) is 0 Å². The number of carboxylic acid groups (broad SMARTS) is 1. The minimum absolute atomic E-state index is 0.0580. The quantitative estimate of drug-likeness (QED) is 0.671. The maximum Gasteiger partial charge on any atom is 0.345 e. The van der Waals surface area contributed by atoms with Crippen LogP contribution in [0.2, 0.25) is 5.02 Å². The molecule has 2 rings (SSSR count). The molecule has 0 saturated heterocycles. The Labute approximate surface area is 119 Å². The van der Waals surface area contributed by atoms with E-state index in [1.54, 1.807) is 0 Å². The Hall–Kier alpha value is -2.53. The van der Waals surface area contributed by atoms with Crippen LogP contribution in [0.4, 0.5) is 0 Å². The number of carbonyl (C=O) groups excluding carboxylic acids is 1. The van der Waals surface area contributed by atoms with Crippen molar-refractivity contribution < 1.29 is 24.5 Å². The summed E-state index contributed by atoms with van der Waals surface area (Å²) in [5, 5.41) is 18.0. The Morgan fingerprint density at radius 1 is 1.05 bits per heavy atom. The summed E-state index contributed by atoms with van der Waals surface area (Å²) >= 11 is 5.82. The minimum Gasteiger partial charge on any atom is -0.508 e. The molecule has 20 heavy (non-hydrogen) atoms. The van der Waals surface area contributed by atoms with Gasteiger partial charge in [0, 0.05) is 0 Å². The second-order valence-electron chi connectivity index (χ2n) is 3.88. The molecule has 0 aliphatic heterocycles. The molecule has 0 unspecified atom stereocenters. The second-order valence-corrected chi connectivity index (χ2v) is 4.29. The van der Waals surface area contributed by atoms with Gasteiger partial charge in [-0.05, 0) is 42.5 Å². The summed E-state index contributed by atoms with van der Waals surface area (Å²) in [6, 6.07) is 9.27. The van der Waals surface area contributed by atoms with E-state index in [1.807, 2.05) is 0 Å². The Bertz CT molecular complexity index is 664. The second kappa shape index (κ2) is 5.63. The largest absolute Gasteiger partial charge is 0.508 e. The molecule has 0 aromatic heterocycles. The molecule has 0 heterocycles. The lowest BCUT2D eigenvalue weighted by atomic mass is 10.2. The summed E-state index contributed by atoms with van der Waals surface area (Å²) in [5.74, 6) is -1.62. The van der Waals surface area contributed by atoms with Crippen molar-refractivity contribution in [2.45, 2.75) is 0 Å². The molecule has 2 aromatic carbocycles. The molecule has 0 fully saturated rings. The van der Waals surface area contributed by atoms with Crippen molar-refractivity contribution in [1.82, 2.24) is 0 Å². The van der Waals surface area contributed by atoms with Gasteiger partial charge in [-0.3, -0.25) is 0 Å². The first-order valence-corrected chi connectivity index (χ1v) is 5.89. The van der Waals surface area contributed by atoms with E-state index in [-0.39, 0.29) is 27.6 Å². The van der Waals surface area contributed by atoms with Crippen molar-refractivity contribution in [3.63, 3.8) is 0 Å². The number of benzene rings is 2. The zero-order chi connectivity index (χ0) is 14.7. The van der Waals surface area contributed by atoms with E-state index >= 15 is 0 Å². The van der Waals surface area contributed by atoms with Crippen LogP contribution in [-0.4, -0.2) is 22.2 Å². The number of hydrogen-bond acceptors (Lipinski definition) is 4. The van der Waals surface area contributed by atoms with E-state index in [0.717, 1.165) is 0 Å². The van der Waals surface area contributed by atoms with Gasteiger partial charge >= 0.3 is 11.9 Å². The molecular formula is C14H9ClO5. The van der Waals surface area contributed by atoms with E-state index < -0.39 is 11.9 Å². The average molecular weight is 293 g/mol. The van der Waals surface area contributed by atoms with Crippen LogP contribution in [0.25, 0.3) is 0 Å².